The zero-order valence-electron chi connectivity index (χ0n) is 13.2. The van der Waals surface area contributed by atoms with Crippen LogP contribution in [-0.4, -0.2) is 36.6 Å². The fourth-order valence-corrected chi connectivity index (χ4v) is 2.93. The van der Waals surface area contributed by atoms with E-state index in [1.54, 1.807) is 0 Å². The number of pyridine rings is 1. The van der Waals surface area contributed by atoms with Crippen LogP contribution in [-0.2, 0) is 6.42 Å². The Labute approximate surface area is 126 Å². The van der Waals surface area contributed by atoms with E-state index in [2.05, 4.69) is 63.2 Å². The molecule has 1 unspecified atom stereocenters. The second-order valence-corrected chi connectivity index (χ2v) is 6.06. The Morgan fingerprint density at radius 2 is 1.81 bits per heavy atom. The van der Waals surface area contributed by atoms with Crippen LogP contribution in [0.15, 0.2) is 30.3 Å². The number of hydrogen-bond donors (Lipinski definition) is 0. The zero-order valence-corrected chi connectivity index (χ0v) is 13.2. The second-order valence-electron chi connectivity index (χ2n) is 6.06. The van der Waals surface area contributed by atoms with Crippen LogP contribution in [0.25, 0.3) is 11.3 Å². The number of aromatic nitrogens is 1. The summed E-state index contributed by atoms with van der Waals surface area (Å²) in [7, 11) is 4.19. The molecule has 3 nitrogen and oxygen atoms in total. The molecule has 0 saturated carbocycles. The molecule has 0 saturated heterocycles. The van der Waals surface area contributed by atoms with Gasteiger partial charge in [0.1, 0.15) is 6.61 Å². The van der Waals surface area contributed by atoms with Crippen molar-refractivity contribution in [1.29, 1.82) is 0 Å². The molecule has 3 heteroatoms. The van der Waals surface area contributed by atoms with E-state index in [0.717, 1.165) is 18.0 Å². The highest BCUT2D eigenvalue weighted by Gasteiger charge is 2.23. The molecule has 0 bridgehead atoms. The molecule has 0 N–H and O–H groups in total. The molecule has 21 heavy (non-hydrogen) atoms. The molecule has 1 aliphatic heterocycles. The Morgan fingerprint density at radius 3 is 2.48 bits per heavy atom. The molecule has 110 valence electrons. The Kier molecular flexibility index (Phi) is 3.68. The third kappa shape index (κ3) is 2.66. The molecule has 2 aromatic rings. The lowest BCUT2D eigenvalue weighted by Crippen LogP contribution is -2.38. The molecule has 1 aromatic heterocycles. The maximum Gasteiger partial charge on any atom is 0.217 e. The van der Waals surface area contributed by atoms with Gasteiger partial charge < -0.3 is 9.64 Å². The molecule has 0 amide bonds. The molecule has 1 aliphatic rings. The van der Waals surface area contributed by atoms with Crippen molar-refractivity contribution in [3.8, 4) is 17.1 Å². The van der Waals surface area contributed by atoms with Crippen molar-refractivity contribution in [2.45, 2.75) is 26.3 Å². The van der Waals surface area contributed by atoms with Gasteiger partial charge in [-0.3, -0.25) is 0 Å². The zero-order chi connectivity index (χ0) is 15.0. The largest absolute Gasteiger partial charge is 0.476 e. The van der Waals surface area contributed by atoms with Crippen LogP contribution in [0.5, 0.6) is 5.88 Å². The van der Waals surface area contributed by atoms with Crippen molar-refractivity contribution in [3.63, 3.8) is 0 Å². The topological polar surface area (TPSA) is 25.4 Å². The molecule has 0 spiro atoms. The van der Waals surface area contributed by atoms with E-state index in [1.165, 1.54) is 22.3 Å². The summed E-state index contributed by atoms with van der Waals surface area (Å²) in [6.07, 6.45) is 1.00. The number of hydrogen-bond acceptors (Lipinski definition) is 3. The summed E-state index contributed by atoms with van der Waals surface area (Å²) in [6, 6.07) is 11.1. The van der Waals surface area contributed by atoms with E-state index >= 15 is 0 Å². The molecule has 0 fully saturated rings. The lowest BCUT2D eigenvalue weighted by atomic mass is 9.98. The van der Waals surface area contributed by atoms with Gasteiger partial charge in [0, 0.05) is 17.2 Å². The van der Waals surface area contributed by atoms with Gasteiger partial charge >= 0.3 is 0 Å². The SMILES string of the molecule is Cc1cccc(C)c1-c1ccc2c(n1)OCC(N(C)C)C2. The van der Waals surface area contributed by atoms with Gasteiger partial charge in [-0.25, -0.2) is 4.98 Å². The van der Waals surface area contributed by atoms with E-state index in [4.69, 9.17) is 9.72 Å². The summed E-state index contributed by atoms with van der Waals surface area (Å²) >= 11 is 0. The molecule has 2 heterocycles. The highest BCUT2D eigenvalue weighted by molar-refractivity contribution is 5.68. The van der Waals surface area contributed by atoms with Gasteiger partial charge in [0.05, 0.1) is 5.69 Å². The van der Waals surface area contributed by atoms with Gasteiger partial charge in [-0.2, -0.15) is 0 Å². The lowest BCUT2D eigenvalue weighted by molar-refractivity contribution is 0.160. The van der Waals surface area contributed by atoms with Crippen LogP contribution in [0.3, 0.4) is 0 Å². The van der Waals surface area contributed by atoms with Crippen molar-refractivity contribution in [1.82, 2.24) is 9.88 Å². The van der Waals surface area contributed by atoms with Gasteiger partial charge in [0.15, 0.2) is 0 Å². The Morgan fingerprint density at radius 1 is 1.10 bits per heavy atom. The minimum Gasteiger partial charge on any atom is -0.476 e. The van der Waals surface area contributed by atoms with Crippen LogP contribution >= 0.6 is 0 Å². The summed E-state index contributed by atoms with van der Waals surface area (Å²) in [4.78, 5) is 6.97. The lowest BCUT2D eigenvalue weighted by Gasteiger charge is -2.29. The van der Waals surface area contributed by atoms with E-state index in [-0.39, 0.29) is 0 Å². The van der Waals surface area contributed by atoms with Gasteiger partial charge in [0.25, 0.3) is 0 Å². The highest BCUT2D eigenvalue weighted by Crippen LogP contribution is 2.31. The summed E-state index contributed by atoms with van der Waals surface area (Å²) in [5.41, 5.74) is 5.94. The maximum absolute atomic E-state index is 5.89. The first kappa shape index (κ1) is 14.1. The molecule has 3 rings (SSSR count). The van der Waals surface area contributed by atoms with Crippen LogP contribution < -0.4 is 4.74 Å². The molecular weight excluding hydrogens is 260 g/mol. The van der Waals surface area contributed by atoms with Crippen molar-refractivity contribution < 1.29 is 4.74 Å². The minimum atomic E-state index is 0.436. The number of fused-ring (bicyclic) bond motifs is 1. The van der Waals surface area contributed by atoms with Crippen molar-refractivity contribution >= 4 is 0 Å². The van der Waals surface area contributed by atoms with E-state index in [1.807, 2.05) is 0 Å². The number of aryl methyl sites for hydroxylation is 2. The average Bonchev–Trinajstić information content (AvgIpc) is 2.46. The standard InChI is InChI=1S/C18H22N2O/c1-12-6-5-7-13(2)17(12)16-9-8-14-10-15(20(3)4)11-21-18(14)19-16/h5-9,15H,10-11H2,1-4H3. The Bertz CT molecular complexity index is 644. The Balaban J connectivity index is 1.98. The molecule has 1 aromatic carbocycles. The normalized spacial score (nSPS) is 17.5. The first-order valence-corrected chi connectivity index (χ1v) is 7.42. The number of ether oxygens (including phenoxy) is 1. The maximum atomic E-state index is 5.89. The quantitative estimate of drug-likeness (QED) is 0.845. The first-order valence-electron chi connectivity index (χ1n) is 7.42. The molecule has 0 aliphatic carbocycles. The van der Waals surface area contributed by atoms with Crippen LogP contribution in [0, 0.1) is 13.8 Å². The van der Waals surface area contributed by atoms with Gasteiger partial charge in [-0.1, -0.05) is 24.3 Å². The third-order valence-electron chi connectivity index (χ3n) is 4.27. The van der Waals surface area contributed by atoms with Gasteiger partial charge in [-0.05, 0) is 51.6 Å². The predicted octanol–water partition coefficient (Wildman–Crippen LogP) is 3.23. The van der Waals surface area contributed by atoms with Crippen LogP contribution in [0.2, 0.25) is 0 Å². The first-order chi connectivity index (χ1) is 10.1. The van der Waals surface area contributed by atoms with Crippen molar-refractivity contribution in [2.24, 2.45) is 0 Å². The second kappa shape index (κ2) is 5.49. The highest BCUT2D eigenvalue weighted by atomic mass is 16.5. The molecular formula is C18H22N2O. The number of rotatable bonds is 2. The molecule has 0 radical (unpaired) electrons. The van der Waals surface area contributed by atoms with Crippen LogP contribution in [0.1, 0.15) is 16.7 Å². The fourth-order valence-electron chi connectivity index (χ4n) is 2.93. The minimum absolute atomic E-state index is 0.436. The summed E-state index contributed by atoms with van der Waals surface area (Å²) in [5, 5.41) is 0. The van der Waals surface area contributed by atoms with Gasteiger partial charge in [-0.15, -0.1) is 0 Å². The van der Waals surface area contributed by atoms with Gasteiger partial charge in [0.2, 0.25) is 5.88 Å². The monoisotopic (exact) mass is 282 g/mol. The van der Waals surface area contributed by atoms with Crippen LogP contribution in [0.4, 0.5) is 0 Å². The van der Waals surface area contributed by atoms with E-state index < -0.39 is 0 Å². The summed E-state index contributed by atoms with van der Waals surface area (Å²) in [5.74, 6) is 0.799. The Hall–Kier alpha value is -1.87. The fraction of sp³-hybridized carbons (Fsp3) is 0.389. The summed E-state index contributed by atoms with van der Waals surface area (Å²) in [6.45, 7) is 4.97. The number of nitrogens with zero attached hydrogens (tertiary/aromatic N) is 2. The molecule has 1 atom stereocenters. The average molecular weight is 282 g/mol. The summed E-state index contributed by atoms with van der Waals surface area (Å²) < 4.78 is 5.89. The number of benzene rings is 1. The van der Waals surface area contributed by atoms with E-state index in [9.17, 15) is 0 Å². The predicted molar refractivity (Wildman–Crippen MR) is 85.8 cm³/mol. The smallest absolute Gasteiger partial charge is 0.217 e. The van der Waals surface area contributed by atoms with Crippen molar-refractivity contribution in [2.75, 3.05) is 20.7 Å². The third-order valence-corrected chi connectivity index (χ3v) is 4.27. The number of likely N-dealkylation sites (N-methyl/N-ethyl adjacent to an activating group) is 1. The van der Waals surface area contributed by atoms with E-state index in [0.29, 0.717) is 12.6 Å². The van der Waals surface area contributed by atoms with Crippen molar-refractivity contribution in [3.05, 3.63) is 47.0 Å².